The van der Waals surface area contributed by atoms with Crippen LogP contribution in [0.5, 0.6) is 0 Å². The van der Waals surface area contributed by atoms with Crippen molar-refractivity contribution in [1.29, 1.82) is 0 Å². The van der Waals surface area contributed by atoms with Crippen LogP contribution in [0.4, 0.5) is 17.6 Å². The van der Waals surface area contributed by atoms with Crippen LogP contribution in [-0.4, -0.2) is 45.1 Å². The van der Waals surface area contributed by atoms with Gasteiger partial charge in [0.2, 0.25) is 5.95 Å². The number of aromatic nitrogens is 5. The van der Waals surface area contributed by atoms with Gasteiger partial charge in [-0.15, -0.1) is 0 Å². The summed E-state index contributed by atoms with van der Waals surface area (Å²) in [5.74, 6) is 2.96. The predicted molar refractivity (Wildman–Crippen MR) is 108 cm³/mol. The van der Waals surface area contributed by atoms with Gasteiger partial charge in [-0.25, -0.2) is 4.98 Å². The molecule has 2 unspecified atom stereocenters. The third kappa shape index (κ3) is 3.67. The molecule has 10 heteroatoms. The van der Waals surface area contributed by atoms with Gasteiger partial charge in [0.15, 0.2) is 17.4 Å². The van der Waals surface area contributed by atoms with Crippen LogP contribution in [0.2, 0.25) is 5.02 Å². The highest BCUT2D eigenvalue weighted by Crippen LogP contribution is 2.37. The molecule has 0 bridgehead atoms. The van der Waals surface area contributed by atoms with Crippen molar-refractivity contribution in [2.45, 2.75) is 38.1 Å². The van der Waals surface area contributed by atoms with Gasteiger partial charge < -0.3 is 19.5 Å². The van der Waals surface area contributed by atoms with Crippen molar-refractivity contribution in [3.8, 4) is 0 Å². The smallest absolute Gasteiger partial charge is 0.228 e. The van der Waals surface area contributed by atoms with E-state index < -0.39 is 0 Å². The van der Waals surface area contributed by atoms with Crippen LogP contribution in [0.3, 0.4) is 0 Å². The molecule has 9 nitrogen and oxygen atoms in total. The minimum Gasteiger partial charge on any atom is -0.381 e. The van der Waals surface area contributed by atoms with E-state index in [1.165, 1.54) is 0 Å². The Labute approximate surface area is 172 Å². The minimum absolute atomic E-state index is 0.0558. The number of H-pyrrole nitrogens is 1. The molecule has 0 spiro atoms. The highest BCUT2D eigenvalue weighted by Gasteiger charge is 2.33. The van der Waals surface area contributed by atoms with Crippen molar-refractivity contribution < 1.29 is 9.26 Å². The Morgan fingerprint density at radius 1 is 1.31 bits per heavy atom. The maximum atomic E-state index is 6.30. The van der Waals surface area contributed by atoms with Gasteiger partial charge in [-0.3, -0.25) is 5.10 Å². The van der Waals surface area contributed by atoms with Crippen LogP contribution in [0.15, 0.2) is 22.9 Å². The van der Waals surface area contributed by atoms with Crippen molar-refractivity contribution >= 4 is 29.2 Å². The Kier molecular flexibility index (Phi) is 4.84. The molecular formula is C19H22ClN7O2. The molecule has 5 heterocycles. The Bertz CT molecular complexity index is 998. The van der Waals surface area contributed by atoms with Crippen LogP contribution in [0, 0.1) is 6.92 Å². The monoisotopic (exact) mass is 415 g/mol. The summed E-state index contributed by atoms with van der Waals surface area (Å²) in [5.41, 5.74) is 1.92. The molecule has 5 rings (SSSR count). The fourth-order valence-corrected chi connectivity index (χ4v) is 4.05. The summed E-state index contributed by atoms with van der Waals surface area (Å²) in [7, 11) is 0. The molecule has 2 fully saturated rings. The molecule has 29 heavy (non-hydrogen) atoms. The Morgan fingerprint density at radius 3 is 3.03 bits per heavy atom. The number of aryl methyl sites for hydroxylation is 1. The van der Waals surface area contributed by atoms with Crippen LogP contribution < -0.4 is 10.2 Å². The van der Waals surface area contributed by atoms with Gasteiger partial charge in [0.05, 0.1) is 24.5 Å². The molecule has 2 aliphatic heterocycles. The number of nitrogens with one attached hydrogen (secondary N) is 2. The summed E-state index contributed by atoms with van der Waals surface area (Å²) in [6.07, 6.45) is 4.59. The highest BCUT2D eigenvalue weighted by atomic mass is 35.5. The minimum atomic E-state index is 0.0558. The van der Waals surface area contributed by atoms with E-state index in [0.717, 1.165) is 49.6 Å². The van der Waals surface area contributed by atoms with Crippen molar-refractivity contribution in [3.05, 3.63) is 40.5 Å². The summed E-state index contributed by atoms with van der Waals surface area (Å²) in [4.78, 5) is 11.3. The lowest BCUT2D eigenvalue weighted by molar-refractivity contribution is 0.193. The van der Waals surface area contributed by atoms with Crippen LogP contribution >= 0.6 is 11.6 Å². The number of rotatable bonds is 5. The van der Waals surface area contributed by atoms with Gasteiger partial charge >= 0.3 is 0 Å². The third-order valence-electron chi connectivity index (χ3n) is 5.42. The third-order valence-corrected chi connectivity index (χ3v) is 5.69. The van der Waals surface area contributed by atoms with Crippen molar-refractivity contribution in [2.24, 2.45) is 0 Å². The average Bonchev–Trinajstić information content (AvgIpc) is 3.50. The highest BCUT2D eigenvalue weighted by molar-refractivity contribution is 6.32. The SMILES string of the molecule is Cc1cc(Nc2nc(N3CCCC3c3cc(C4CCOC4)no3)ncc2Cl)n[nH]1. The molecule has 0 radical (unpaired) electrons. The summed E-state index contributed by atoms with van der Waals surface area (Å²) in [6, 6.07) is 4.00. The second-order valence-corrected chi connectivity index (χ2v) is 7.90. The first-order valence-corrected chi connectivity index (χ1v) is 10.2. The zero-order chi connectivity index (χ0) is 19.8. The lowest BCUT2D eigenvalue weighted by Gasteiger charge is -2.23. The lowest BCUT2D eigenvalue weighted by atomic mass is 10.0. The van der Waals surface area contributed by atoms with Gasteiger partial charge in [-0.1, -0.05) is 16.8 Å². The largest absolute Gasteiger partial charge is 0.381 e. The van der Waals surface area contributed by atoms with E-state index in [9.17, 15) is 0 Å². The standard InChI is InChI=1S/C19H22ClN7O2/c1-11-7-17(25-24-11)22-18-13(20)9-21-19(23-18)27-5-2-3-15(27)16-8-14(26-29-16)12-4-6-28-10-12/h7-9,12,15H,2-6,10H2,1H3,(H2,21,22,23,24,25). The Morgan fingerprint density at radius 2 is 2.24 bits per heavy atom. The van der Waals surface area contributed by atoms with E-state index in [0.29, 0.717) is 35.1 Å². The number of hydrogen-bond donors (Lipinski definition) is 2. The van der Waals surface area contributed by atoms with Crippen molar-refractivity contribution in [3.63, 3.8) is 0 Å². The molecule has 2 saturated heterocycles. The van der Waals surface area contributed by atoms with E-state index in [1.54, 1.807) is 6.20 Å². The van der Waals surface area contributed by atoms with Crippen LogP contribution in [0.1, 0.15) is 48.4 Å². The number of ether oxygens (including phenoxy) is 1. The molecular weight excluding hydrogens is 394 g/mol. The number of anilines is 3. The normalized spacial score (nSPS) is 21.8. The maximum absolute atomic E-state index is 6.30. The van der Waals surface area contributed by atoms with Crippen molar-refractivity contribution in [2.75, 3.05) is 30.0 Å². The van der Waals surface area contributed by atoms with Crippen molar-refractivity contribution in [1.82, 2.24) is 25.3 Å². The van der Waals surface area contributed by atoms with Gasteiger partial charge in [-0.05, 0) is 26.2 Å². The van der Waals surface area contributed by atoms with Gasteiger partial charge in [0.1, 0.15) is 5.02 Å². The fourth-order valence-electron chi connectivity index (χ4n) is 3.91. The van der Waals surface area contributed by atoms with Crippen LogP contribution in [-0.2, 0) is 4.74 Å². The maximum Gasteiger partial charge on any atom is 0.228 e. The van der Waals surface area contributed by atoms with Gasteiger partial charge in [0.25, 0.3) is 0 Å². The van der Waals surface area contributed by atoms with E-state index in [-0.39, 0.29) is 6.04 Å². The van der Waals surface area contributed by atoms with Gasteiger partial charge in [-0.2, -0.15) is 10.1 Å². The van der Waals surface area contributed by atoms with E-state index >= 15 is 0 Å². The molecule has 0 saturated carbocycles. The molecule has 2 aliphatic rings. The predicted octanol–water partition coefficient (Wildman–Crippen LogP) is 3.74. The molecule has 3 aromatic rings. The lowest BCUT2D eigenvalue weighted by Crippen LogP contribution is -2.24. The van der Waals surface area contributed by atoms with E-state index in [1.807, 2.05) is 13.0 Å². The van der Waals surface area contributed by atoms with Crippen LogP contribution in [0.25, 0.3) is 0 Å². The molecule has 0 aromatic carbocycles. The Hall–Kier alpha value is -2.65. The number of nitrogens with zero attached hydrogens (tertiary/aromatic N) is 5. The molecule has 0 aliphatic carbocycles. The zero-order valence-electron chi connectivity index (χ0n) is 16.1. The first-order chi connectivity index (χ1) is 14.2. The molecule has 152 valence electrons. The Balaban J connectivity index is 1.38. The van der Waals surface area contributed by atoms with Gasteiger partial charge in [0, 0.05) is 36.9 Å². The second-order valence-electron chi connectivity index (χ2n) is 7.49. The molecule has 3 aromatic heterocycles. The summed E-state index contributed by atoms with van der Waals surface area (Å²) in [6.45, 7) is 4.27. The molecule has 2 N–H and O–H groups in total. The summed E-state index contributed by atoms with van der Waals surface area (Å²) >= 11 is 6.30. The number of hydrogen-bond acceptors (Lipinski definition) is 8. The summed E-state index contributed by atoms with van der Waals surface area (Å²) in [5, 5.41) is 15.0. The number of aromatic amines is 1. The van der Waals surface area contributed by atoms with E-state index in [2.05, 4.69) is 41.6 Å². The first kappa shape index (κ1) is 18.4. The summed E-state index contributed by atoms with van der Waals surface area (Å²) < 4.78 is 11.2. The second kappa shape index (κ2) is 7.64. The molecule has 2 atom stereocenters. The quantitative estimate of drug-likeness (QED) is 0.649. The topological polar surface area (TPSA) is 105 Å². The average molecular weight is 416 g/mol. The fraction of sp³-hybridized carbons (Fsp3) is 0.474. The first-order valence-electron chi connectivity index (χ1n) is 9.80. The zero-order valence-corrected chi connectivity index (χ0v) is 16.8. The van der Waals surface area contributed by atoms with E-state index in [4.69, 9.17) is 20.9 Å². The number of halogens is 1. The molecule has 0 amide bonds.